The third-order valence-electron chi connectivity index (χ3n) is 5.66. The number of likely N-dealkylation sites (N-methyl/N-ethyl adjacent to an activating group) is 1. The van der Waals surface area contributed by atoms with E-state index in [0.717, 1.165) is 45.8 Å². The van der Waals surface area contributed by atoms with Crippen LogP contribution in [0, 0.1) is 0 Å². The summed E-state index contributed by atoms with van der Waals surface area (Å²) in [5.41, 5.74) is 5.10. The zero-order chi connectivity index (χ0) is 19.1. The van der Waals surface area contributed by atoms with Crippen LogP contribution in [0.25, 0.3) is 11.3 Å². The van der Waals surface area contributed by atoms with Crippen molar-refractivity contribution in [3.8, 4) is 11.3 Å². The number of piperazine rings is 1. The smallest absolute Gasteiger partial charge is 0.186 e. The van der Waals surface area contributed by atoms with Crippen LogP contribution in [0.4, 0.5) is 5.13 Å². The molecule has 0 bridgehead atoms. The first-order valence-corrected chi connectivity index (χ1v) is 10.7. The van der Waals surface area contributed by atoms with Gasteiger partial charge in [-0.15, -0.1) is 0 Å². The SMILES string of the molecule is CN1CCN(c2nc3c(s2)CN(Cc2cnn(C)c2)Cc2ccccc2-3)CC1. The molecule has 6 nitrogen and oxygen atoms in total. The van der Waals surface area contributed by atoms with Gasteiger partial charge in [-0.05, 0) is 12.6 Å². The molecule has 0 saturated carbocycles. The quantitative estimate of drug-likeness (QED) is 0.683. The minimum atomic E-state index is 0.906. The van der Waals surface area contributed by atoms with Gasteiger partial charge >= 0.3 is 0 Å². The van der Waals surface area contributed by atoms with Gasteiger partial charge in [0.05, 0.1) is 11.9 Å². The first-order valence-electron chi connectivity index (χ1n) is 9.87. The van der Waals surface area contributed by atoms with E-state index in [1.807, 2.05) is 29.3 Å². The summed E-state index contributed by atoms with van der Waals surface area (Å²) in [5, 5.41) is 5.51. The van der Waals surface area contributed by atoms with Gasteiger partial charge in [0.2, 0.25) is 0 Å². The second kappa shape index (κ2) is 7.31. The third-order valence-corrected chi connectivity index (χ3v) is 6.76. The number of hydrogen-bond donors (Lipinski definition) is 0. The molecule has 2 aromatic heterocycles. The molecule has 0 radical (unpaired) electrons. The number of aromatic nitrogens is 3. The molecule has 0 N–H and O–H groups in total. The molecule has 4 heterocycles. The van der Waals surface area contributed by atoms with E-state index in [1.165, 1.54) is 32.4 Å². The lowest BCUT2D eigenvalue weighted by Crippen LogP contribution is -2.44. The summed E-state index contributed by atoms with van der Waals surface area (Å²) < 4.78 is 1.88. The largest absolute Gasteiger partial charge is 0.346 e. The van der Waals surface area contributed by atoms with E-state index >= 15 is 0 Å². The molecule has 0 aliphatic carbocycles. The molecule has 0 spiro atoms. The van der Waals surface area contributed by atoms with Crippen molar-refractivity contribution in [2.45, 2.75) is 19.6 Å². The van der Waals surface area contributed by atoms with Crippen molar-refractivity contribution in [2.75, 3.05) is 38.1 Å². The molecule has 2 aliphatic rings. The van der Waals surface area contributed by atoms with Crippen LogP contribution in [0.1, 0.15) is 16.0 Å². The lowest BCUT2D eigenvalue weighted by molar-refractivity contribution is 0.252. The molecular formula is C21H26N6S. The summed E-state index contributed by atoms with van der Waals surface area (Å²) in [7, 11) is 4.17. The number of aryl methyl sites for hydroxylation is 1. The zero-order valence-corrected chi connectivity index (χ0v) is 17.3. The van der Waals surface area contributed by atoms with Crippen LogP contribution in [0.15, 0.2) is 36.7 Å². The van der Waals surface area contributed by atoms with Crippen molar-refractivity contribution < 1.29 is 0 Å². The summed E-state index contributed by atoms with van der Waals surface area (Å²) in [6.07, 6.45) is 4.08. The Kier molecular flexibility index (Phi) is 4.66. The molecule has 0 amide bonds. The van der Waals surface area contributed by atoms with Crippen LogP contribution >= 0.6 is 11.3 Å². The van der Waals surface area contributed by atoms with Crippen molar-refractivity contribution in [2.24, 2.45) is 7.05 Å². The molecular weight excluding hydrogens is 368 g/mol. The first kappa shape index (κ1) is 17.8. The minimum Gasteiger partial charge on any atom is -0.346 e. The van der Waals surface area contributed by atoms with Gasteiger partial charge in [0.25, 0.3) is 0 Å². The Hall–Kier alpha value is -2.22. The highest BCUT2D eigenvalue weighted by Gasteiger charge is 2.26. The van der Waals surface area contributed by atoms with E-state index in [4.69, 9.17) is 4.98 Å². The maximum absolute atomic E-state index is 5.13. The van der Waals surface area contributed by atoms with Crippen LogP contribution in [-0.4, -0.2) is 57.8 Å². The second-order valence-electron chi connectivity index (χ2n) is 7.88. The number of hydrogen-bond acceptors (Lipinski definition) is 6. The predicted octanol–water partition coefficient (Wildman–Crippen LogP) is 2.81. The number of anilines is 1. The average Bonchev–Trinajstić information content (AvgIpc) is 3.25. The number of fused-ring (bicyclic) bond motifs is 3. The maximum atomic E-state index is 5.13. The number of benzene rings is 1. The standard InChI is InChI=1S/C21H26N6S/c1-24-7-9-27(10-8-24)21-23-20-18-6-4-3-5-17(18)14-26(15-19(20)28-21)13-16-11-22-25(2)12-16/h3-6,11-12H,7-10,13-15H2,1-2H3. The van der Waals surface area contributed by atoms with E-state index in [2.05, 4.69) is 57.3 Å². The Balaban J connectivity index is 1.48. The third kappa shape index (κ3) is 3.45. The average molecular weight is 395 g/mol. The van der Waals surface area contributed by atoms with Crippen molar-refractivity contribution in [1.82, 2.24) is 24.6 Å². The van der Waals surface area contributed by atoms with Gasteiger partial charge in [0, 0.05) is 75.1 Å². The van der Waals surface area contributed by atoms with Crippen molar-refractivity contribution in [1.29, 1.82) is 0 Å². The number of rotatable bonds is 3. The summed E-state index contributed by atoms with van der Waals surface area (Å²) in [5.74, 6) is 0. The normalized spacial score (nSPS) is 18.0. The second-order valence-corrected chi connectivity index (χ2v) is 8.95. The van der Waals surface area contributed by atoms with Gasteiger partial charge in [-0.1, -0.05) is 35.6 Å². The highest BCUT2D eigenvalue weighted by Crippen LogP contribution is 2.39. The van der Waals surface area contributed by atoms with E-state index in [9.17, 15) is 0 Å². The number of thiazole rings is 1. The van der Waals surface area contributed by atoms with Crippen LogP contribution in [0.3, 0.4) is 0 Å². The van der Waals surface area contributed by atoms with Crippen LogP contribution in [0.2, 0.25) is 0 Å². The van der Waals surface area contributed by atoms with Crippen molar-refractivity contribution >= 4 is 16.5 Å². The monoisotopic (exact) mass is 394 g/mol. The van der Waals surface area contributed by atoms with Crippen LogP contribution < -0.4 is 4.90 Å². The molecule has 1 aromatic carbocycles. The van der Waals surface area contributed by atoms with Gasteiger partial charge in [0.15, 0.2) is 5.13 Å². The lowest BCUT2D eigenvalue weighted by Gasteiger charge is -2.32. The molecule has 5 rings (SSSR count). The molecule has 146 valence electrons. The molecule has 28 heavy (non-hydrogen) atoms. The molecule has 1 saturated heterocycles. The van der Waals surface area contributed by atoms with E-state index in [0.29, 0.717) is 0 Å². The van der Waals surface area contributed by atoms with Gasteiger partial charge in [-0.3, -0.25) is 9.58 Å². The highest BCUT2D eigenvalue weighted by atomic mass is 32.1. The van der Waals surface area contributed by atoms with E-state index in [1.54, 1.807) is 0 Å². The van der Waals surface area contributed by atoms with Crippen molar-refractivity contribution in [3.05, 3.63) is 52.7 Å². The molecule has 3 aromatic rings. The van der Waals surface area contributed by atoms with E-state index in [-0.39, 0.29) is 0 Å². The highest BCUT2D eigenvalue weighted by molar-refractivity contribution is 7.16. The fourth-order valence-electron chi connectivity index (χ4n) is 4.10. The minimum absolute atomic E-state index is 0.906. The fourth-order valence-corrected chi connectivity index (χ4v) is 5.27. The Labute approximate surface area is 170 Å². The van der Waals surface area contributed by atoms with Gasteiger partial charge in [-0.25, -0.2) is 4.98 Å². The Morgan fingerprint density at radius 3 is 2.64 bits per heavy atom. The number of nitrogens with zero attached hydrogens (tertiary/aromatic N) is 6. The molecule has 0 unspecified atom stereocenters. The maximum Gasteiger partial charge on any atom is 0.186 e. The van der Waals surface area contributed by atoms with Gasteiger partial charge < -0.3 is 9.80 Å². The van der Waals surface area contributed by atoms with Crippen LogP contribution in [0.5, 0.6) is 0 Å². The molecule has 1 fully saturated rings. The topological polar surface area (TPSA) is 40.4 Å². The molecule has 7 heteroatoms. The zero-order valence-electron chi connectivity index (χ0n) is 16.5. The molecule has 2 aliphatic heterocycles. The van der Waals surface area contributed by atoms with Gasteiger partial charge in [0.1, 0.15) is 0 Å². The van der Waals surface area contributed by atoms with Crippen LogP contribution in [-0.2, 0) is 26.7 Å². The summed E-state index contributed by atoms with van der Waals surface area (Å²) >= 11 is 1.87. The van der Waals surface area contributed by atoms with E-state index < -0.39 is 0 Å². The first-order chi connectivity index (χ1) is 13.7. The predicted molar refractivity (Wildman–Crippen MR) is 113 cm³/mol. The fraction of sp³-hybridized carbons (Fsp3) is 0.429. The summed E-state index contributed by atoms with van der Waals surface area (Å²) in [4.78, 5) is 13.9. The van der Waals surface area contributed by atoms with Crippen molar-refractivity contribution in [3.63, 3.8) is 0 Å². The lowest BCUT2D eigenvalue weighted by atomic mass is 10.1. The summed E-state index contributed by atoms with van der Waals surface area (Å²) in [6.45, 7) is 7.11. The Bertz CT molecular complexity index is 969. The Morgan fingerprint density at radius 2 is 1.86 bits per heavy atom. The summed E-state index contributed by atoms with van der Waals surface area (Å²) in [6, 6.07) is 8.75. The molecule has 0 atom stereocenters. The van der Waals surface area contributed by atoms with Gasteiger partial charge in [-0.2, -0.15) is 5.10 Å². The Morgan fingerprint density at radius 1 is 1.04 bits per heavy atom.